The number of nitrogens with zero attached hydrogens (tertiary/aromatic N) is 1. The Morgan fingerprint density at radius 2 is 1.67 bits per heavy atom. The second kappa shape index (κ2) is 4.73. The van der Waals surface area contributed by atoms with Crippen molar-refractivity contribution >= 4 is 52.9 Å². The molecule has 0 N–H and O–H groups in total. The minimum Gasteiger partial charge on any atom is -0.321 e. The average molecular weight is 395 g/mol. The van der Waals surface area contributed by atoms with Gasteiger partial charge in [0.2, 0.25) is 3.79 Å². The van der Waals surface area contributed by atoms with E-state index < -0.39 is 0 Å². The van der Waals surface area contributed by atoms with Gasteiger partial charge in [0.1, 0.15) is 0 Å². The maximum atomic E-state index is 11.1. The van der Waals surface area contributed by atoms with Gasteiger partial charge < -0.3 is 4.90 Å². The molecule has 0 saturated heterocycles. The largest absolute Gasteiger partial charge is 0.321 e. The van der Waals surface area contributed by atoms with Crippen LogP contribution < -0.4 is 0 Å². The third-order valence-electron chi connectivity index (χ3n) is 1.30. The summed E-state index contributed by atoms with van der Waals surface area (Å²) in [5.74, 6) is 0. The number of rotatable bonds is 2. The standard InChI is InChI=1S/C7H11I2NO2/c1-7(2,3)10(6(9)12)4-5(8)11/h4H2,1-3H3. The van der Waals surface area contributed by atoms with E-state index in [9.17, 15) is 9.59 Å². The van der Waals surface area contributed by atoms with E-state index >= 15 is 0 Å². The van der Waals surface area contributed by atoms with Gasteiger partial charge >= 0.3 is 0 Å². The van der Waals surface area contributed by atoms with E-state index in [4.69, 9.17) is 0 Å². The molecule has 70 valence electrons. The predicted octanol–water partition coefficient (Wildman–Crippen LogP) is 2.60. The second-order valence-corrected chi connectivity index (χ2v) is 5.49. The van der Waals surface area contributed by atoms with Crippen molar-refractivity contribution < 1.29 is 9.59 Å². The number of halogens is 2. The van der Waals surface area contributed by atoms with Gasteiger partial charge in [0, 0.05) is 50.7 Å². The lowest BCUT2D eigenvalue weighted by atomic mass is 10.1. The summed E-state index contributed by atoms with van der Waals surface area (Å²) in [6.45, 7) is 5.90. The Bertz CT molecular complexity index is 198. The lowest BCUT2D eigenvalue weighted by Gasteiger charge is -2.32. The molecule has 0 fully saturated rings. The Morgan fingerprint density at radius 3 is 1.75 bits per heavy atom. The van der Waals surface area contributed by atoms with E-state index in [2.05, 4.69) is 0 Å². The van der Waals surface area contributed by atoms with Crippen LogP contribution in [0.1, 0.15) is 20.8 Å². The number of hydrogen-bond acceptors (Lipinski definition) is 2. The fourth-order valence-electron chi connectivity index (χ4n) is 0.687. The summed E-state index contributed by atoms with van der Waals surface area (Å²) in [7, 11) is 0. The van der Waals surface area contributed by atoms with Gasteiger partial charge in [-0.1, -0.05) is 0 Å². The molecule has 0 rings (SSSR count). The van der Waals surface area contributed by atoms with Crippen molar-refractivity contribution in [2.24, 2.45) is 0 Å². The molecule has 0 radical (unpaired) electrons. The van der Waals surface area contributed by atoms with Crippen molar-refractivity contribution in [3.63, 3.8) is 0 Å². The van der Waals surface area contributed by atoms with Crippen LogP contribution in [-0.4, -0.2) is 24.7 Å². The minimum atomic E-state index is -0.279. The van der Waals surface area contributed by atoms with Crippen molar-refractivity contribution in [1.29, 1.82) is 0 Å². The third kappa shape index (κ3) is 4.58. The van der Waals surface area contributed by atoms with E-state index in [0.717, 1.165) is 0 Å². The maximum absolute atomic E-state index is 11.1. The van der Waals surface area contributed by atoms with Gasteiger partial charge in [0.15, 0.2) is 0 Å². The Labute approximate surface area is 99.5 Å². The van der Waals surface area contributed by atoms with Crippen LogP contribution >= 0.6 is 45.2 Å². The zero-order chi connectivity index (χ0) is 9.94. The monoisotopic (exact) mass is 395 g/mol. The zero-order valence-corrected chi connectivity index (χ0v) is 11.5. The molecule has 0 unspecified atom stereocenters. The topological polar surface area (TPSA) is 37.4 Å². The number of amides is 1. The molecule has 3 nitrogen and oxygen atoms in total. The summed E-state index contributed by atoms with van der Waals surface area (Å²) in [6.07, 6.45) is 0. The SMILES string of the molecule is CC(C)(C)N(CC(=O)I)C(=O)I. The fourth-order valence-corrected chi connectivity index (χ4v) is 1.92. The van der Waals surface area contributed by atoms with Gasteiger partial charge in [0.25, 0.3) is 3.91 Å². The number of carbonyl (C=O) groups excluding carboxylic acids is 2. The molecule has 0 saturated carbocycles. The van der Waals surface area contributed by atoms with Crippen LogP contribution in [0.25, 0.3) is 0 Å². The van der Waals surface area contributed by atoms with E-state index in [1.54, 1.807) is 50.1 Å². The second-order valence-electron chi connectivity index (χ2n) is 3.37. The van der Waals surface area contributed by atoms with Crippen molar-refractivity contribution in [1.82, 2.24) is 4.90 Å². The Morgan fingerprint density at radius 1 is 1.25 bits per heavy atom. The number of hydrogen-bond donors (Lipinski definition) is 0. The summed E-state index contributed by atoms with van der Waals surface area (Å²) in [5, 5.41) is 0. The molecule has 0 aromatic heterocycles. The van der Waals surface area contributed by atoms with Crippen LogP contribution in [0, 0.1) is 0 Å². The van der Waals surface area contributed by atoms with Gasteiger partial charge in [-0.2, -0.15) is 0 Å². The van der Waals surface area contributed by atoms with Crippen LogP contribution in [0.3, 0.4) is 0 Å². The minimum absolute atomic E-state index is 0.0208. The maximum Gasteiger partial charge on any atom is 0.284 e. The molecular formula is C7H11I2NO2. The first-order chi connectivity index (χ1) is 5.25. The van der Waals surface area contributed by atoms with Crippen LogP contribution in [0.2, 0.25) is 0 Å². The third-order valence-corrected chi connectivity index (χ3v) is 2.23. The summed E-state index contributed by atoms with van der Waals surface area (Å²) < 4.78 is -0.113. The zero-order valence-electron chi connectivity index (χ0n) is 7.23. The molecule has 1 amide bonds. The van der Waals surface area contributed by atoms with Crippen molar-refractivity contribution in [2.45, 2.75) is 26.3 Å². The van der Waals surface area contributed by atoms with Crippen LogP contribution in [-0.2, 0) is 4.79 Å². The van der Waals surface area contributed by atoms with E-state index in [0.29, 0.717) is 0 Å². The summed E-state index contributed by atoms with van der Waals surface area (Å²) in [4.78, 5) is 23.4. The average Bonchev–Trinajstić information content (AvgIpc) is 1.79. The fraction of sp³-hybridized carbons (Fsp3) is 0.714. The molecule has 0 aromatic rings. The van der Waals surface area contributed by atoms with Gasteiger partial charge in [-0.3, -0.25) is 9.59 Å². The Kier molecular flexibility index (Phi) is 4.97. The first kappa shape index (κ1) is 12.6. The molecule has 0 atom stereocenters. The Hall–Kier alpha value is 0.600. The summed E-state index contributed by atoms with van der Waals surface area (Å²) in [5.41, 5.74) is -0.279. The van der Waals surface area contributed by atoms with Gasteiger partial charge in [-0.25, -0.2) is 0 Å². The van der Waals surface area contributed by atoms with Crippen molar-refractivity contribution in [3.8, 4) is 0 Å². The highest BCUT2D eigenvalue weighted by Crippen LogP contribution is 2.17. The molecule has 0 aromatic carbocycles. The highest BCUT2D eigenvalue weighted by Gasteiger charge is 2.25. The van der Waals surface area contributed by atoms with Gasteiger partial charge in [-0.15, -0.1) is 0 Å². The van der Waals surface area contributed by atoms with Gasteiger partial charge in [0.05, 0.1) is 6.54 Å². The number of carbonyl (C=O) groups is 2. The molecule has 0 bridgehead atoms. The quantitative estimate of drug-likeness (QED) is 0.410. The highest BCUT2D eigenvalue weighted by atomic mass is 127. The molecule has 0 aliphatic rings. The molecule has 0 aliphatic heterocycles. The Balaban J connectivity index is 4.46. The van der Waals surface area contributed by atoms with Crippen LogP contribution in [0.15, 0.2) is 0 Å². The molecule has 0 aliphatic carbocycles. The predicted molar refractivity (Wildman–Crippen MR) is 64.9 cm³/mol. The van der Waals surface area contributed by atoms with Crippen molar-refractivity contribution in [2.75, 3.05) is 6.54 Å². The molecule has 12 heavy (non-hydrogen) atoms. The normalized spacial score (nSPS) is 11.1. The molecule has 0 spiro atoms. The van der Waals surface area contributed by atoms with Crippen LogP contribution in [0.5, 0.6) is 0 Å². The van der Waals surface area contributed by atoms with Gasteiger partial charge in [-0.05, 0) is 20.8 Å². The first-order valence-corrected chi connectivity index (χ1v) is 5.56. The first-order valence-electron chi connectivity index (χ1n) is 3.40. The van der Waals surface area contributed by atoms with Crippen LogP contribution in [0.4, 0.5) is 4.79 Å². The summed E-state index contributed by atoms with van der Waals surface area (Å²) >= 11 is 3.39. The molecule has 5 heteroatoms. The summed E-state index contributed by atoms with van der Waals surface area (Å²) in [6, 6.07) is 0. The molecule has 0 heterocycles. The lowest BCUT2D eigenvalue weighted by molar-refractivity contribution is -0.110. The molecular weight excluding hydrogens is 384 g/mol. The highest BCUT2D eigenvalue weighted by molar-refractivity contribution is 14.1. The smallest absolute Gasteiger partial charge is 0.284 e. The van der Waals surface area contributed by atoms with E-state index in [1.165, 1.54) is 0 Å². The van der Waals surface area contributed by atoms with E-state index in [1.807, 2.05) is 20.8 Å². The van der Waals surface area contributed by atoms with E-state index in [-0.39, 0.29) is 19.8 Å². The van der Waals surface area contributed by atoms with Crippen molar-refractivity contribution in [3.05, 3.63) is 0 Å². The lowest BCUT2D eigenvalue weighted by Crippen LogP contribution is -2.44.